The molecule has 0 N–H and O–H groups in total. The number of alkyl halides is 4. The summed E-state index contributed by atoms with van der Waals surface area (Å²) in [6, 6.07) is 0. The minimum Gasteiger partial charge on any atom is -0.298 e. The van der Waals surface area contributed by atoms with Gasteiger partial charge in [0, 0.05) is 0 Å². The van der Waals surface area contributed by atoms with Crippen molar-refractivity contribution in [3.8, 4) is 0 Å². The Kier molecular flexibility index (Phi) is 2.68. The van der Waals surface area contributed by atoms with Crippen molar-refractivity contribution in [1.29, 1.82) is 0 Å². The first-order valence-corrected chi connectivity index (χ1v) is 3.41. The van der Waals surface area contributed by atoms with Crippen molar-refractivity contribution in [3.05, 3.63) is 11.4 Å². The monoisotopic (exact) mass is 200 g/mol. The molecule has 4 atom stereocenters. The summed E-state index contributed by atoms with van der Waals surface area (Å²) in [6.45, 7) is 0. The Morgan fingerprint density at radius 1 is 1.00 bits per heavy atom. The molecular formula is C7H5F5O. The van der Waals surface area contributed by atoms with Crippen LogP contribution in [0.4, 0.5) is 22.0 Å². The molecule has 0 bridgehead atoms. The molecule has 0 aromatic rings. The van der Waals surface area contributed by atoms with Gasteiger partial charge in [0.15, 0.2) is 31.0 Å². The minimum atomic E-state index is -2.89. The van der Waals surface area contributed by atoms with Crippen molar-refractivity contribution < 1.29 is 26.7 Å². The summed E-state index contributed by atoms with van der Waals surface area (Å²) in [5, 5.41) is 0. The van der Waals surface area contributed by atoms with Gasteiger partial charge in [-0.05, 0) is 0 Å². The predicted molar refractivity (Wildman–Crippen MR) is 33.8 cm³/mol. The average molecular weight is 200 g/mol. The largest absolute Gasteiger partial charge is 0.298 e. The SMILES string of the molecule is O=CC1=C(F)C(F)C(F)C(F)C1F. The molecule has 0 aliphatic heterocycles. The third-order valence-electron chi connectivity index (χ3n) is 1.81. The number of hydrogen-bond acceptors (Lipinski definition) is 1. The van der Waals surface area contributed by atoms with Crippen molar-refractivity contribution in [1.82, 2.24) is 0 Å². The van der Waals surface area contributed by atoms with E-state index in [-0.39, 0.29) is 6.29 Å². The van der Waals surface area contributed by atoms with Crippen molar-refractivity contribution in [2.45, 2.75) is 24.7 Å². The third-order valence-corrected chi connectivity index (χ3v) is 1.81. The van der Waals surface area contributed by atoms with Gasteiger partial charge in [0.1, 0.15) is 5.83 Å². The number of allylic oxidation sites excluding steroid dienone is 2. The molecular weight excluding hydrogens is 195 g/mol. The zero-order chi connectivity index (χ0) is 10.2. The molecule has 0 spiro atoms. The van der Waals surface area contributed by atoms with E-state index in [1.165, 1.54) is 0 Å². The lowest BCUT2D eigenvalue weighted by molar-refractivity contribution is -0.106. The topological polar surface area (TPSA) is 17.1 Å². The van der Waals surface area contributed by atoms with Crippen molar-refractivity contribution in [3.63, 3.8) is 0 Å². The minimum absolute atomic E-state index is 0.342. The lowest BCUT2D eigenvalue weighted by Gasteiger charge is -2.25. The lowest BCUT2D eigenvalue weighted by atomic mass is 9.93. The highest BCUT2D eigenvalue weighted by Crippen LogP contribution is 2.33. The van der Waals surface area contributed by atoms with Gasteiger partial charge < -0.3 is 0 Å². The van der Waals surface area contributed by atoms with Gasteiger partial charge in [-0.25, -0.2) is 22.0 Å². The Morgan fingerprint density at radius 2 is 1.46 bits per heavy atom. The van der Waals surface area contributed by atoms with Gasteiger partial charge in [-0.15, -0.1) is 0 Å². The quantitative estimate of drug-likeness (QED) is 0.465. The third kappa shape index (κ3) is 1.45. The Bertz CT molecular complexity index is 251. The summed E-state index contributed by atoms with van der Waals surface area (Å²) >= 11 is 0. The smallest absolute Gasteiger partial charge is 0.186 e. The van der Waals surface area contributed by atoms with Crippen LogP contribution in [0.1, 0.15) is 0 Å². The van der Waals surface area contributed by atoms with Crippen LogP contribution in [0.2, 0.25) is 0 Å². The second-order valence-electron chi connectivity index (χ2n) is 2.61. The van der Waals surface area contributed by atoms with Crippen LogP contribution < -0.4 is 0 Å². The second kappa shape index (κ2) is 3.43. The molecule has 0 radical (unpaired) electrons. The molecule has 0 saturated heterocycles. The summed E-state index contributed by atoms with van der Waals surface area (Å²) in [6.07, 6.45) is -11.7. The van der Waals surface area contributed by atoms with E-state index in [9.17, 15) is 26.7 Å². The maximum Gasteiger partial charge on any atom is 0.186 e. The molecule has 4 unspecified atom stereocenters. The van der Waals surface area contributed by atoms with Crippen LogP contribution in [0.3, 0.4) is 0 Å². The summed E-state index contributed by atoms with van der Waals surface area (Å²) < 4.78 is 62.5. The molecule has 0 aromatic heterocycles. The van der Waals surface area contributed by atoms with E-state index in [0.717, 1.165) is 0 Å². The number of carbonyl (C=O) groups excluding carboxylic acids is 1. The number of halogens is 5. The molecule has 0 heterocycles. The first-order valence-electron chi connectivity index (χ1n) is 3.41. The van der Waals surface area contributed by atoms with Gasteiger partial charge in [-0.1, -0.05) is 0 Å². The van der Waals surface area contributed by atoms with Crippen molar-refractivity contribution in [2.75, 3.05) is 0 Å². The highest BCUT2D eigenvalue weighted by atomic mass is 19.2. The first kappa shape index (κ1) is 10.1. The van der Waals surface area contributed by atoms with Gasteiger partial charge >= 0.3 is 0 Å². The van der Waals surface area contributed by atoms with Gasteiger partial charge in [0.2, 0.25) is 0 Å². The molecule has 0 amide bonds. The molecule has 6 heteroatoms. The number of carbonyl (C=O) groups is 1. The lowest BCUT2D eigenvalue weighted by Crippen LogP contribution is -2.42. The molecule has 0 saturated carbocycles. The fourth-order valence-corrected chi connectivity index (χ4v) is 1.05. The second-order valence-corrected chi connectivity index (χ2v) is 2.61. The first-order chi connectivity index (χ1) is 6.00. The summed E-state index contributed by atoms with van der Waals surface area (Å²) in [5.41, 5.74) is -1.28. The summed E-state index contributed by atoms with van der Waals surface area (Å²) in [4.78, 5) is 9.98. The molecule has 1 nitrogen and oxygen atoms in total. The fourth-order valence-electron chi connectivity index (χ4n) is 1.05. The zero-order valence-electron chi connectivity index (χ0n) is 6.18. The van der Waals surface area contributed by atoms with Gasteiger partial charge in [-0.2, -0.15) is 0 Å². The van der Waals surface area contributed by atoms with Crippen LogP contribution in [0.5, 0.6) is 0 Å². The van der Waals surface area contributed by atoms with Crippen LogP contribution in [0.15, 0.2) is 11.4 Å². The highest BCUT2D eigenvalue weighted by Gasteiger charge is 2.46. The Hall–Kier alpha value is -0.940. The van der Waals surface area contributed by atoms with E-state index >= 15 is 0 Å². The number of hydrogen-bond donors (Lipinski definition) is 0. The van der Waals surface area contributed by atoms with Crippen molar-refractivity contribution >= 4 is 6.29 Å². The van der Waals surface area contributed by atoms with Crippen LogP contribution in [-0.2, 0) is 4.79 Å². The number of rotatable bonds is 1. The Balaban J connectivity index is 3.10. The van der Waals surface area contributed by atoms with E-state index in [1.54, 1.807) is 0 Å². The molecule has 0 aromatic carbocycles. The molecule has 13 heavy (non-hydrogen) atoms. The summed E-state index contributed by atoms with van der Waals surface area (Å²) in [7, 11) is 0. The van der Waals surface area contributed by atoms with E-state index in [1.807, 2.05) is 0 Å². The fraction of sp³-hybridized carbons (Fsp3) is 0.571. The molecule has 74 valence electrons. The van der Waals surface area contributed by atoms with Gasteiger partial charge in [0.05, 0.1) is 5.57 Å². The van der Waals surface area contributed by atoms with Crippen LogP contribution in [0, 0.1) is 0 Å². The highest BCUT2D eigenvalue weighted by molar-refractivity contribution is 5.76. The standard InChI is InChI=1S/C7H5F5O/c8-3-2(1-13)4(9)6(11)7(12)5(3)10/h1,3,5-7H. The maximum absolute atomic E-state index is 12.6. The van der Waals surface area contributed by atoms with Gasteiger partial charge in [0.25, 0.3) is 0 Å². The predicted octanol–water partition coefficient (Wildman–Crippen LogP) is 1.77. The van der Waals surface area contributed by atoms with Crippen molar-refractivity contribution in [2.24, 2.45) is 0 Å². The molecule has 1 aliphatic carbocycles. The normalized spacial score (nSPS) is 40.7. The van der Waals surface area contributed by atoms with E-state index in [2.05, 4.69) is 0 Å². The average Bonchev–Trinajstić information content (AvgIpc) is 2.13. The van der Waals surface area contributed by atoms with E-state index in [0.29, 0.717) is 0 Å². The Labute approximate surface area is 70.2 Å². The summed E-state index contributed by atoms with van der Waals surface area (Å²) in [5.74, 6) is -1.86. The molecule has 0 fully saturated rings. The van der Waals surface area contributed by atoms with Crippen LogP contribution in [0.25, 0.3) is 0 Å². The zero-order valence-corrected chi connectivity index (χ0v) is 6.18. The van der Waals surface area contributed by atoms with E-state index < -0.39 is 36.1 Å². The molecule has 1 aliphatic rings. The Morgan fingerprint density at radius 3 is 1.92 bits per heavy atom. The molecule has 1 rings (SSSR count). The van der Waals surface area contributed by atoms with Crippen LogP contribution in [-0.4, -0.2) is 31.0 Å². The van der Waals surface area contributed by atoms with E-state index in [4.69, 9.17) is 0 Å². The van der Waals surface area contributed by atoms with Crippen LogP contribution >= 0.6 is 0 Å². The van der Waals surface area contributed by atoms with Gasteiger partial charge in [-0.3, -0.25) is 4.79 Å². The maximum atomic E-state index is 12.6. The number of aldehydes is 1.